The van der Waals surface area contributed by atoms with Crippen molar-refractivity contribution in [2.24, 2.45) is 23.2 Å². The lowest BCUT2D eigenvalue weighted by atomic mass is 9.48. The summed E-state index contributed by atoms with van der Waals surface area (Å²) in [7, 11) is 0. The predicted octanol–water partition coefficient (Wildman–Crippen LogP) is 5.01. The van der Waals surface area contributed by atoms with Gasteiger partial charge >= 0.3 is 0 Å². The molecule has 0 spiro atoms. The average molecular weight is 254 g/mol. The topological polar surface area (TPSA) is 0 Å². The molecule has 0 N–H and O–H groups in total. The van der Waals surface area contributed by atoms with E-state index >= 15 is 0 Å². The van der Waals surface area contributed by atoms with Crippen molar-refractivity contribution in [1.29, 1.82) is 0 Å². The second kappa shape index (κ2) is 4.36. The summed E-state index contributed by atoms with van der Waals surface area (Å²) in [5.74, 6) is 3.25. The Bertz CT molecular complexity index is 418. The highest BCUT2D eigenvalue weighted by Crippen LogP contribution is 2.61. The molecule has 4 fully saturated rings. The van der Waals surface area contributed by atoms with Gasteiger partial charge in [0.2, 0.25) is 0 Å². The molecule has 0 amide bonds. The van der Waals surface area contributed by atoms with Crippen molar-refractivity contribution in [3.05, 3.63) is 35.4 Å². The third-order valence-corrected chi connectivity index (χ3v) is 6.18. The average Bonchev–Trinajstić information content (AvgIpc) is 2.37. The molecule has 0 unspecified atom stereocenters. The molecule has 0 heteroatoms. The van der Waals surface area contributed by atoms with Crippen LogP contribution in [-0.2, 0) is 12.8 Å². The molecule has 0 aromatic heterocycles. The van der Waals surface area contributed by atoms with E-state index in [1.165, 1.54) is 31.2 Å². The van der Waals surface area contributed by atoms with Crippen LogP contribution in [-0.4, -0.2) is 0 Å². The SMILES string of the molecule is CCc1ccc(CC23CC4CC(CC(C4)C2)C3)cc1. The fourth-order valence-corrected chi connectivity index (χ4v) is 5.83. The van der Waals surface area contributed by atoms with Crippen LogP contribution in [0.3, 0.4) is 0 Å². The summed E-state index contributed by atoms with van der Waals surface area (Å²) in [6, 6.07) is 9.49. The number of hydrogen-bond donors (Lipinski definition) is 0. The van der Waals surface area contributed by atoms with Crippen molar-refractivity contribution < 1.29 is 0 Å². The summed E-state index contributed by atoms with van der Waals surface area (Å²) in [5.41, 5.74) is 3.77. The smallest absolute Gasteiger partial charge is 0.0222 e. The molecule has 1 aromatic carbocycles. The zero-order valence-electron chi connectivity index (χ0n) is 12.2. The Balaban J connectivity index is 1.55. The second-order valence-corrected chi connectivity index (χ2v) is 7.76. The third kappa shape index (κ3) is 2.14. The first kappa shape index (κ1) is 12.0. The molecule has 19 heavy (non-hydrogen) atoms. The normalized spacial score (nSPS) is 39.7. The zero-order valence-corrected chi connectivity index (χ0v) is 12.2. The van der Waals surface area contributed by atoms with Gasteiger partial charge in [0.05, 0.1) is 0 Å². The highest BCUT2D eigenvalue weighted by molar-refractivity contribution is 5.24. The van der Waals surface area contributed by atoms with Crippen molar-refractivity contribution in [3.8, 4) is 0 Å². The first-order valence-corrected chi connectivity index (χ1v) is 8.32. The number of hydrogen-bond acceptors (Lipinski definition) is 0. The van der Waals surface area contributed by atoms with Crippen LogP contribution >= 0.6 is 0 Å². The monoisotopic (exact) mass is 254 g/mol. The Morgan fingerprint density at radius 1 is 0.842 bits per heavy atom. The third-order valence-electron chi connectivity index (χ3n) is 6.18. The summed E-state index contributed by atoms with van der Waals surface area (Å²) < 4.78 is 0. The minimum absolute atomic E-state index is 0.697. The van der Waals surface area contributed by atoms with Gasteiger partial charge in [0, 0.05) is 0 Å². The molecule has 0 saturated heterocycles. The fraction of sp³-hybridized carbons (Fsp3) is 0.684. The quantitative estimate of drug-likeness (QED) is 0.711. The Morgan fingerprint density at radius 2 is 1.32 bits per heavy atom. The summed E-state index contributed by atoms with van der Waals surface area (Å²) in [6.07, 6.45) is 11.8. The van der Waals surface area contributed by atoms with Crippen molar-refractivity contribution in [2.75, 3.05) is 0 Å². The lowest BCUT2D eigenvalue weighted by molar-refractivity contribution is -0.0521. The van der Waals surface area contributed by atoms with Crippen LogP contribution in [0.15, 0.2) is 24.3 Å². The van der Waals surface area contributed by atoms with Crippen LogP contribution in [0, 0.1) is 23.2 Å². The van der Waals surface area contributed by atoms with Gasteiger partial charge in [0.1, 0.15) is 0 Å². The molecule has 0 aliphatic heterocycles. The maximum absolute atomic E-state index is 2.40. The summed E-state index contributed by atoms with van der Waals surface area (Å²) >= 11 is 0. The summed E-state index contributed by atoms with van der Waals surface area (Å²) in [5, 5.41) is 0. The molecular weight excluding hydrogens is 228 g/mol. The van der Waals surface area contributed by atoms with Gasteiger partial charge < -0.3 is 0 Å². The Hall–Kier alpha value is -0.780. The molecule has 0 radical (unpaired) electrons. The molecule has 0 heterocycles. The van der Waals surface area contributed by atoms with E-state index in [0.29, 0.717) is 5.41 Å². The van der Waals surface area contributed by atoms with Crippen LogP contribution in [0.5, 0.6) is 0 Å². The van der Waals surface area contributed by atoms with Crippen molar-refractivity contribution in [3.63, 3.8) is 0 Å². The first-order chi connectivity index (χ1) is 9.25. The van der Waals surface area contributed by atoms with Crippen LogP contribution in [0.4, 0.5) is 0 Å². The largest absolute Gasteiger partial charge is 0.0613 e. The van der Waals surface area contributed by atoms with Crippen LogP contribution < -0.4 is 0 Å². The standard InChI is InChI=1S/C19H26/c1-2-14-3-5-15(6-4-14)10-19-11-16-7-17(12-19)9-18(8-16)13-19/h3-6,16-18H,2,7-13H2,1H3. The van der Waals surface area contributed by atoms with Crippen molar-refractivity contribution >= 4 is 0 Å². The van der Waals surface area contributed by atoms with Gasteiger partial charge in [-0.15, -0.1) is 0 Å². The molecule has 4 bridgehead atoms. The van der Waals surface area contributed by atoms with Gasteiger partial charge in [0.25, 0.3) is 0 Å². The second-order valence-electron chi connectivity index (χ2n) is 7.76. The van der Waals surface area contributed by atoms with Crippen LogP contribution in [0.25, 0.3) is 0 Å². The summed E-state index contributed by atoms with van der Waals surface area (Å²) in [6.45, 7) is 2.24. The fourth-order valence-electron chi connectivity index (χ4n) is 5.83. The maximum Gasteiger partial charge on any atom is -0.0222 e. The highest BCUT2D eigenvalue weighted by atomic mass is 14.5. The van der Waals surface area contributed by atoms with Gasteiger partial charge in [-0.05, 0) is 85.7 Å². The van der Waals surface area contributed by atoms with E-state index in [1.807, 2.05) is 0 Å². The Kier molecular flexibility index (Phi) is 2.76. The van der Waals surface area contributed by atoms with Gasteiger partial charge in [-0.1, -0.05) is 31.2 Å². The minimum Gasteiger partial charge on any atom is -0.0613 e. The van der Waals surface area contributed by atoms with Crippen molar-refractivity contribution in [1.82, 2.24) is 0 Å². The van der Waals surface area contributed by atoms with Crippen molar-refractivity contribution in [2.45, 2.75) is 58.3 Å². The van der Waals surface area contributed by atoms with Gasteiger partial charge in [-0.25, -0.2) is 0 Å². The number of rotatable bonds is 3. The van der Waals surface area contributed by atoms with Gasteiger partial charge in [0.15, 0.2) is 0 Å². The molecule has 4 aliphatic rings. The highest BCUT2D eigenvalue weighted by Gasteiger charge is 2.50. The molecule has 4 aliphatic carbocycles. The Morgan fingerprint density at radius 3 is 1.79 bits per heavy atom. The first-order valence-electron chi connectivity index (χ1n) is 8.32. The van der Waals surface area contributed by atoms with E-state index in [0.717, 1.165) is 24.2 Å². The van der Waals surface area contributed by atoms with Gasteiger partial charge in [-0.2, -0.15) is 0 Å². The van der Waals surface area contributed by atoms with E-state index in [-0.39, 0.29) is 0 Å². The van der Waals surface area contributed by atoms with Crippen LogP contribution in [0.2, 0.25) is 0 Å². The number of benzene rings is 1. The van der Waals surface area contributed by atoms with E-state index in [2.05, 4.69) is 31.2 Å². The zero-order chi connectivity index (χ0) is 12.9. The Labute approximate surface area is 117 Å². The summed E-state index contributed by atoms with van der Waals surface area (Å²) in [4.78, 5) is 0. The minimum atomic E-state index is 0.697. The molecule has 102 valence electrons. The lowest BCUT2D eigenvalue weighted by Crippen LogP contribution is -2.47. The van der Waals surface area contributed by atoms with E-state index in [9.17, 15) is 0 Å². The molecule has 0 atom stereocenters. The maximum atomic E-state index is 2.40. The molecule has 4 saturated carbocycles. The molecule has 0 nitrogen and oxygen atoms in total. The van der Waals surface area contributed by atoms with E-state index < -0.39 is 0 Å². The van der Waals surface area contributed by atoms with Crippen LogP contribution in [0.1, 0.15) is 56.6 Å². The lowest BCUT2D eigenvalue weighted by Gasteiger charge is -2.57. The molecule has 5 rings (SSSR count). The molecular formula is C19H26. The van der Waals surface area contributed by atoms with E-state index in [4.69, 9.17) is 0 Å². The van der Waals surface area contributed by atoms with E-state index in [1.54, 1.807) is 24.8 Å². The number of aryl methyl sites for hydroxylation is 1. The predicted molar refractivity (Wildman–Crippen MR) is 80.1 cm³/mol. The molecule has 1 aromatic rings. The van der Waals surface area contributed by atoms with Gasteiger partial charge in [-0.3, -0.25) is 0 Å².